The van der Waals surface area contributed by atoms with E-state index >= 15 is 0 Å². The molecular formula is C13H19BrN2. The van der Waals surface area contributed by atoms with Gasteiger partial charge in [0.05, 0.1) is 0 Å². The number of aromatic nitrogens is 1. The van der Waals surface area contributed by atoms with E-state index in [4.69, 9.17) is 0 Å². The van der Waals surface area contributed by atoms with Gasteiger partial charge in [-0.2, -0.15) is 0 Å². The molecule has 1 heterocycles. The summed E-state index contributed by atoms with van der Waals surface area (Å²) in [6, 6.07) is 4.69. The van der Waals surface area contributed by atoms with Crippen LogP contribution in [0.1, 0.15) is 39.0 Å². The van der Waals surface area contributed by atoms with Gasteiger partial charge in [0.2, 0.25) is 0 Å². The maximum absolute atomic E-state index is 4.36. The zero-order valence-corrected chi connectivity index (χ0v) is 11.3. The molecule has 88 valence electrons. The van der Waals surface area contributed by atoms with E-state index in [0.29, 0.717) is 6.04 Å². The Balaban J connectivity index is 1.91. The molecule has 3 heteroatoms. The van der Waals surface area contributed by atoms with E-state index in [1.165, 1.54) is 32.1 Å². The first-order chi connectivity index (χ1) is 7.74. The molecule has 1 fully saturated rings. The van der Waals surface area contributed by atoms with Crippen LogP contribution < -0.4 is 5.32 Å². The van der Waals surface area contributed by atoms with Gasteiger partial charge < -0.3 is 5.32 Å². The summed E-state index contributed by atoms with van der Waals surface area (Å²) in [5.74, 6) is 1.90. The first kappa shape index (κ1) is 11.9. The quantitative estimate of drug-likeness (QED) is 0.822. The van der Waals surface area contributed by atoms with Crippen LogP contribution in [-0.2, 0) is 0 Å². The Morgan fingerprint density at radius 3 is 2.88 bits per heavy atom. The largest absolute Gasteiger partial charge is 0.367 e. The predicted molar refractivity (Wildman–Crippen MR) is 71.6 cm³/mol. The third kappa shape index (κ3) is 3.48. The van der Waals surface area contributed by atoms with Crippen molar-refractivity contribution in [1.29, 1.82) is 0 Å². The Bertz CT molecular complexity index is 323. The number of nitrogens with one attached hydrogen (secondary N) is 1. The molecule has 0 amide bonds. The van der Waals surface area contributed by atoms with Crippen molar-refractivity contribution in [1.82, 2.24) is 4.98 Å². The van der Waals surface area contributed by atoms with E-state index in [2.05, 4.69) is 33.2 Å². The fourth-order valence-electron chi connectivity index (χ4n) is 2.30. The molecule has 2 atom stereocenters. The van der Waals surface area contributed by atoms with Gasteiger partial charge >= 0.3 is 0 Å². The van der Waals surface area contributed by atoms with Crippen molar-refractivity contribution in [2.24, 2.45) is 5.92 Å². The molecule has 1 aliphatic carbocycles. The Morgan fingerprint density at radius 2 is 2.12 bits per heavy atom. The molecule has 1 aromatic heterocycles. The molecule has 16 heavy (non-hydrogen) atoms. The second-order valence-corrected chi connectivity index (χ2v) is 5.73. The average molecular weight is 283 g/mol. The second-order valence-electron chi connectivity index (χ2n) is 4.82. The number of hydrogen-bond acceptors (Lipinski definition) is 2. The zero-order valence-electron chi connectivity index (χ0n) is 9.75. The van der Waals surface area contributed by atoms with Crippen molar-refractivity contribution in [2.75, 3.05) is 5.32 Å². The molecule has 1 saturated carbocycles. The fraction of sp³-hybridized carbons (Fsp3) is 0.615. The summed E-state index contributed by atoms with van der Waals surface area (Å²) in [6.07, 6.45) is 8.47. The van der Waals surface area contributed by atoms with Crippen molar-refractivity contribution in [3.63, 3.8) is 0 Å². The lowest BCUT2D eigenvalue weighted by molar-refractivity contribution is 0.502. The van der Waals surface area contributed by atoms with E-state index in [9.17, 15) is 0 Å². The lowest BCUT2D eigenvalue weighted by Gasteiger charge is -2.16. The van der Waals surface area contributed by atoms with Gasteiger partial charge in [0, 0.05) is 16.7 Å². The molecule has 0 radical (unpaired) electrons. The third-order valence-electron chi connectivity index (χ3n) is 3.34. The van der Waals surface area contributed by atoms with E-state index in [0.717, 1.165) is 16.2 Å². The molecule has 0 bridgehead atoms. The lowest BCUT2D eigenvalue weighted by Crippen LogP contribution is -2.19. The van der Waals surface area contributed by atoms with Gasteiger partial charge in [-0.05, 0) is 53.2 Å². The van der Waals surface area contributed by atoms with Crippen LogP contribution in [0.25, 0.3) is 0 Å². The maximum Gasteiger partial charge on any atom is 0.126 e. The minimum Gasteiger partial charge on any atom is -0.367 e. The molecule has 0 saturated heterocycles. The minimum atomic E-state index is 0.610. The highest BCUT2D eigenvalue weighted by Crippen LogP contribution is 2.24. The lowest BCUT2D eigenvalue weighted by atomic mass is 10.0. The van der Waals surface area contributed by atoms with Crippen LogP contribution in [0.2, 0.25) is 0 Å². The summed E-state index contributed by atoms with van der Waals surface area (Å²) < 4.78 is 1.03. The van der Waals surface area contributed by atoms with Gasteiger partial charge in [-0.25, -0.2) is 4.98 Å². The summed E-state index contributed by atoms with van der Waals surface area (Å²) in [7, 11) is 0. The summed E-state index contributed by atoms with van der Waals surface area (Å²) in [6.45, 7) is 2.36. The van der Waals surface area contributed by atoms with Crippen molar-refractivity contribution in [2.45, 2.75) is 45.1 Å². The highest BCUT2D eigenvalue weighted by atomic mass is 79.9. The summed E-state index contributed by atoms with van der Waals surface area (Å²) in [4.78, 5) is 4.36. The van der Waals surface area contributed by atoms with Crippen molar-refractivity contribution in [3.05, 3.63) is 22.8 Å². The molecule has 2 rings (SSSR count). The normalized spacial score (nSPS) is 26.1. The average Bonchev–Trinajstić information content (AvgIpc) is 2.47. The van der Waals surface area contributed by atoms with Crippen molar-refractivity contribution >= 4 is 21.7 Å². The van der Waals surface area contributed by atoms with Crippen LogP contribution in [0.3, 0.4) is 0 Å². The number of hydrogen-bond donors (Lipinski definition) is 1. The van der Waals surface area contributed by atoms with Gasteiger partial charge in [0.25, 0.3) is 0 Å². The molecule has 0 aromatic carbocycles. The topological polar surface area (TPSA) is 24.9 Å². The fourth-order valence-corrected chi connectivity index (χ4v) is 2.54. The SMILES string of the molecule is CC1CCCC(Nc2ccc(Br)cn2)CC1. The molecular weight excluding hydrogens is 264 g/mol. The smallest absolute Gasteiger partial charge is 0.126 e. The highest BCUT2D eigenvalue weighted by Gasteiger charge is 2.15. The Morgan fingerprint density at radius 1 is 1.25 bits per heavy atom. The molecule has 1 aromatic rings. The Hall–Kier alpha value is -0.570. The van der Waals surface area contributed by atoms with Gasteiger partial charge in [0.1, 0.15) is 5.82 Å². The zero-order chi connectivity index (χ0) is 11.4. The summed E-state index contributed by atoms with van der Waals surface area (Å²) >= 11 is 3.40. The molecule has 0 aliphatic heterocycles. The summed E-state index contributed by atoms with van der Waals surface area (Å²) in [5, 5.41) is 3.54. The van der Waals surface area contributed by atoms with Gasteiger partial charge in [-0.3, -0.25) is 0 Å². The van der Waals surface area contributed by atoms with Crippen molar-refractivity contribution in [3.8, 4) is 0 Å². The monoisotopic (exact) mass is 282 g/mol. The van der Waals surface area contributed by atoms with Gasteiger partial charge in [-0.15, -0.1) is 0 Å². The van der Waals surface area contributed by atoms with Gasteiger partial charge in [0.15, 0.2) is 0 Å². The summed E-state index contributed by atoms with van der Waals surface area (Å²) in [5.41, 5.74) is 0. The third-order valence-corrected chi connectivity index (χ3v) is 3.81. The van der Waals surface area contributed by atoms with E-state index in [1.807, 2.05) is 18.3 Å². The number of rotatable bonds is 2. The van der Waals surface area contributed by atoms with Crippen LogP contribution >= 0.6 is 15.9 Å². The number of nitrogens with zero attached hydrogens (tertiary/aromatic N) is 1. The molecule has 0 spiro atoms. The minimum absolute atomic E-state index is 0.610. The van der Waals surface area contributed by atoms with E-state index in [-0.39, 0.29) is 0 Å². The second kappa shape index (κ2) is 5.67. The maximum atomic E-state index is 4.36. The van der Waals surface area contributed by atoms with Crippen LogP contribution in [0.15, 0.2) is 22.8 Å². The molecule has 1 N–H and O–H groups in total. The van der Waals surface area contributed by atoms with Crippen LogP contribution in [0.4, 0.5) is 5.82 Å². The molecule has 2 nitrogen and oxygen atoms in total. The van der Waals surface area contributed by atoms with Crippen LogP contribution in [-0.4, -0.2) is 11.0 Å². The van der Waals surface area contributed by atoms with Gasteiger partial charge in [-0.1, -0.05) is 19.8 Å². The number of pyridine rings is 1. The first-order valence-corrected chi connectivity index (χ1v) is 6.91. The predicted octanol–water partition coefficient (Wildman–Crippen LogP) is 4.22. The first-order valence-electron chi connectivity index (χ1n) is 6.12. The highest BCUT2D eigenvalue weighted by molar-refractivity contribution is 9.10. The van der Waals surface area contributed by atoms with E-state index < -0.39 is 0 Å². The Labute approximate surface area is 106 Å². The van der Waals surface area contributed by atoms with Crippen LogP contribution in [0, 0.1) is 5.92 Å². The Kier molecular flexibility index (Phi) is 4.22. The van der Waals surface area contributed by atoms with E-state index in [1.54, 1.807) is 0 Å². The van der Waals surface area contributed by atoms with Crippen LogP contribution in [0.5, 0.6) is 0 Å². The molecule has 1 aliphatic rings. The standard InChI is InChI=1S/C13H19BrN2/c1-10-3-2-4-12(7-5-10)16-13-8-6-11(14)9-15-13/h6,8-10,12H,2-5,7H2,1H3,(H,15,16). The van der Waals surface area contributed by atoms with Crippen molar-refractivity contribution < 1.29 is 0 Å². The number of anilines is 1. The molecule has 2 unspecified atom stereocenters. The number of halogens is 1.